The molecule has 1 aliphatic rings. The van der Waals surface area contributed by atoms with Gasteiger partial charge in [0.05, 0.1) is 16.7 Å². The number of rotatable bonds is 6. The SMILES string of the molecule is COCC(Br)CN(C)S(=O)(=O)C1CCCC1. The minimum absolute atomic E-state index is 0.0543. The average Bonchev–Trinajstić information content (AvgIpc) is 2.70. The van der Waals surface area contributed by atoms with Crippen molar-refractivity contribution >= 4 is 26.0 Å². The molecule has 6 heteroatoms. The highest BCUT2D eigenvalue weighted by molar-refractivity contribution is 9.09. The number of sulfonamides is 1. The standard InChI is InChI=1S/C10H20BrNO3S/c1-12(7-9(11)8-15-2)16(13,14)10-5-3-4-6-10/h9-10H,3-8H2,1-2H3. The van der Waals surface area contributed by atoms with Gasteiger partial charge >= 0.3 is 0 Å². The third kappa shape index (κ3) is 3.68. The van der Waals surface area contributed by atoms with Crippen molar-refractivity contribution in [2.45, 2.75) is 35.8 Å². The van der Waals surface area contributed by atoms with Gasteiger partial charge in [-0.2, -0.15) is 0 Å². The van der Waals surface area contributed by atoms with Crippen LogP contribution in [0, 0.1) is 0 Å². The van der Waals surface area contributed by atoms with Crippen LogP contribution < -0.4 is 0 Å². The Bertz CT molecular complexity index is 301. The van der Waals surface area contributed by atoms with E-state index in [0.717, 1.165) is 25.7 Å². The molecule has 4 nitrogen and oxygen atoms in total. The van der Waals surface area contributed by atoms with E-state index in [9.17, 15) is 8.42 Å². The molecule has 1 rings (SSSR count). The minimum atomic E-state index is -3.10. The Kier molecular flexibility index (Phi) is 5.70. The Balaban J connectivity index is 2.54. The van der Waals surface area contributed by atoms with Crippen LogP contribution in [0.5, 0.6) is 0 Å². The maximum absolute atomic E-state index is 12.1. The highest BCUT2D eigenvalue weighted by Gasteiger charge is 2.32. The predicted octanol–water partition coefficient (Wildman–Crippen LogP) is 1.60. The largest absolute Gasteiger partial charge is 0.383 e. The lowest BCUT2D eigenvalue weighted by atomic mass is 10.4. The zero-order chi connectivity index (χ0) is 12.2. The van der Waals surface area contributed by atoms with E-state index in [2.05, 4.69) is 15.9 Å². The number of hydrogen-bond acceptors (Lipinski definition) is 3. The van der Waals surface area contributed by atoms with Crippen LogP contribution in [0.3, 0.4) is 0 Å². The first-order valence-electron chi connectivity index (χ1n) is 5.56. The molecule has 0 aromatic carbocycles. The third-order valence-corrected chi connectivity index (χ3v) is 5.85. The predicted molar refractivity (Wildman–Crippen MR) is 68.4 cm³/mol. The zero-order valence-corrected chi connectivity index (χ0v) is 12.3. The second-order valence-electron chi connectivity index (χ2n) is 4.28. The summed E-state index contributed by atoms with van der Waals surface area (Å²) in [5.41, 5.74) is 0. The molecule has 0 amide bonds. The van der Waals surface area contributed by atoms with Gasteiger partial charge in [-0.15, -0.1) is 0 Å². The molecule has 96 valence electrons. The van der Waals surface area contributed by atoms with Crippen molar-refractivity contribution in [1.82, 2.24) is 4.31 Å². The summed E-state index contributed by atoms with van der Waals surface area (Å²) < 4.78 is 30.7. The van der Waals surface area contributed by atoms with Gasteiger partial charge in [0.1, 0.15) is 0 Å². The number of halogens is 1. The van der Waals surface area contributed by atoms with Gasteiger partial charge in [-0.25, -0.2) is 12.7 Å². The molecule has 1 fully saturated rings. The van der Waals surface area contributed by atoms with Crippen molar-refractivity contribution < 1.29 is 13.2 Å². The zero-order valence-electron chi connectivity index (χ0n) is 9.86. The first-order valence-corrected chi connectivity index (χ1v) is 7.98. The van der Waals surface area contributed by atoms with Crippen molar-refractivity contribution in [3.05, 3.63) is 0 Å². The maximum atomic E-state index is 12.1. The van der Waals surface area contributed by atoms with Crippen molar-refractivity contribution in [1.29, 1.82) is 0 Å². The fraction of sp³-hybridized carbons (Fsp3) is 1.00. The van der Waals surface area contributed by atoms with E-state index in [1.54, 1.807) is 14.2 Å². The highest BCUT2D eigenvalue weighted by atomic mass is 79.9. The molecule has 0 spiro atoms. The molecule has 1 saturated carbocycles. The van der Waals surface area contributed by atoms with E-state index in [4.69, 9.17) is 4.74 Å². The molecule has 0 N–H and O–H groups in total. The molecule has 1 atom stereocenters. The smallest absolute Gasteiger partial charge is 0.216 e. The second-order valence-corrected chi connectivity index (χ2v) is 7.90. The first kappa shape index (κ1) is 14.4. The summed E-state index contributed by atoms with van der Waals surface area (Å²) in [5.74, 6) is 0. The summed E-state index contributed by atoms with van der Waals surface area (Å²) in [5, 5.41) is -0.167. The number of hydrogen-bond donors (Lipinski definition) is 0. The number of alkyl halides is 1. The van der Waals surface area contributed by atoms with Gasteiger partial charge in [0.2, 0.25) is 10.0 Å². The molecule has 0 aliphatic heterocycles. The number of ether oxygens (including phenoxy) is 1. The summed E-state index contributed by atoms with van der Waals surface area (Å²) in [7, 11) is 0.157. The molecule has 0 aromatic rings. The molecule has 0 bridgehead atoms. The molecule has 0 radical (unpaired) electrons. The highest BCUT2D eigenvalue weighted by Crippen LogP contribution is 2.26. The van der Waals surface area contributed by atoms with E-state index in [1.165, 1.54) is 4.31 Å². The summed E-state index contributed by atoms with van der Waals surface area (Å²) >= 11 is 3.41. The normalized spacial score (nSPS) is 20.5. The van der Waals surface area contributed by atoms with E-state index in [-0.39, 0.29) is 10.1 Å². The maximum Gasteiger partial charge on any atom is 0.216 e. The Morgan fingerprint density at radius 2 is 2.00 bits per heavy atom. The van der Waals surface area contributed by atoms with Gasteiger partial charge < -0.3 is 4.74 Å². The van der Waals surface area contributed by atoms with E-state index < -0.39 is 10.0 Å². The Labute approximate surface area is 107 Å². The van der Waals surface area contributed by atoms with E-state index in [0.29, 0.717) is 13.2 Å². The van der Waals surface area contributed by atoms with Gasteiger partial charge in [-0.05, 0) is 12.8 Å². The van der Waals surface area contributed by atoms with Crippen LogP contribution in [-0.4, -0.2) is 50.1 Å². The van der Waals surface area contributed by atoms with Crippen molar-refractivity contribution in [2.75, 3.05) is 27.3 Å². The first-order chi connectivity index (χ1) is 7.48. The lowest BCUT2D eigenvalue weighted by molar-refractivity contribution is 0.195. The van der Waals surface area contributed by atoms with Crippen LogP contribution in [0.15, 0.2) is 0 Å². The summed E-state index contributed by atoms with van der Waals surface area (Å²) in [4.78, 5) is 0.0543. The Morgan fingerprint density at radius 3 is 2.50 bits per heavy atom. The number of methoxy groups -OCH3 is 1. The van der Waals surface area contributed by atoms with Gasteiger partial charge in [-0.1, -0.05) is 28.8 Å². The van der Waals surface area contributed by atoms with Crippen LogP contribution in [0.1, 0.15) is 25.7 Å². The van der Waals surface area contributed by atoms with Crippen LogP contribution in [0.4, 0.5) is 0 Å². The van der Waals surface area contributed by atoms with Crippen LogP contribution >= 0.6 is 15.9 Å². The summed E-state index contributed by atoms with van der Waals surface area (Å²) in [6.07, 6.45) is 3.69. The fourth-order valence-electron chi connectivity index (χ4n) is 2.06. The Hall–Kier alpha value is 0.350. The van der Waals surface area contributed by atoms with Crippen LogP contribution in [0.25, 0.3) is 0 Å². The molecule has 1 unspecified atom stereocenters. The van der Waals surface area contributed by atoms with Gasteiger partial charge in [0, 0.05) is 20.7 Å². The molecular weight excluding hydrogens is 294 g/mol. The molecule has 1 aliphatic carbocycles. The van der Waals surface area contributed by atoms with E-state index in [1.807, 2.05) is 0 Å². The quantitative estimate of drug-likeness (QED) is 0.700. The lowest BCUT2D eigenvalue weighted by Crippen LogP contribution is -2.39. The van der Waals surface area contributed by atoms with Gasteiger partial charge in [0.15, 0.2) is 0 Å². The topological polar surface area (TPSA) is 46.6 Å². The minimum Gasteiger partial charge on any atom is -0.383 e. The Morgan fingerprint density at radius 1 is 1.44 bits per heavy atom. The second kappa shape index (κ2) is 6.33. The van der Waals surface area contributed by atoms with Crippen molar-refractivity contribution in [3.63, 3.8) is 0 Å². The number of nitrogens with zero attached hydrogens (tertiary/aromatic N) is 1. The molecule has 16 heavy (non-hydrogen) atoms. The van der Waals surface area contributed by atoms with Crippen LogP contribution in [-0.2, 0) is 14.8 Å². The average molecular weight is 314 g/mol. The lowest BCUT2D eigenvalue weighted by Gasteiger charge is -2.23. The summed E-state index contributed by atoms with van der Waals surface area (Å²) in [6, 6.07) is 0. The van der Waals surface area contributed by atoms with Gasteiger partial charge in [-0.3, -0.25) is 0 Å². The monoisotopic (exact) mass is 313 g/mol. The van der Waals surface area contributed by atoms with Gasteiger partial charge in [0.25, 0.3) is 0 Å². The van der Waals surface area contributed by atoms with Crippen LogP contribution in [0.2, 0.25) is 0 Å². The molecular formula is C10H20BrNO3S. The fourth-order valence-corrected chi connectivity index (χ4v) is 4.77. The molecule has 0 heterocycles. The van der Waals surface area contributed by atoms with Crippen molar-refractivity contribution in [2.24, 2.45) is 0 Å². The summed E-state index contributed by atoms with van der Waals surface area (Å²) in [6.45, 7) is 0.983. The third-order valence-electron chi connectivity index (χ3n) is 2.96. The van der Waals surface area contributed by atoms with Crippen molar-refractivity contribution in [3.8, 4) is 0 Å². The van der Waals surface area contributed by atoms with E-state index >= 15 is 0 Å². The molecule has 0 saturated heterocycles. The molecule has 0 aromatic heterocycles.